The van der Waals surface area contributed by atoms with Crippen molar-refractivity contribution in [1.29, 1.82) is 0 Å². The second-order valence-corrected chi connectivity index (χ2v) is 7.84. The Bertz CT molecular complexity index is 976. The zero-order valence-corrected chi connectivity index (χ0v) is 16.9. The summed E-state index contributed by atoms with van der Waals surface area (Å²) < 4.78 is 1.89. The number of carbonyl (C=O) groups is 1. The highest BCUT2D eigenvalue weighted by Crippen LogP contribution is 2.19. The molecular formula is C22H25ClN4O. The van der Waals surface area contributed by atoms with Gasteiger partial charge in [-0.25, -0.2) is 0 Å². The Labute approximate surface area is 170 Å². The minimum absolute atomic E-state index is 0.202. The molecule has 4 rings (SSSR count). The molecule has 1 fully saturated rings. The highest BCUT2D eigenvalue weighted by Gasteiger charge is 2.21. The molecule has 146 valence electrons. The summed E-state index contributed by atoms with van der Waals surface area (Å²) in [4.78, 5) is 17.1. The highest BCUT2D eigenvalue weighted by atomic mass is 35.5. The summed E-state index contributed by atoms with van der Waals surface area (Å²) in [6, 6.07) is 14.2. The Hall–Kier alpha value is -2.37. The summed E-state index contributed by atoms with van der Waals surface area (Å²) in [5.74, 6) is 0.202. The Kier molecular flexibility index (Phi) is 5.64. The summed E-state index contributed by atoms with van der Waals surface area (Å²) in [7, 11) is 0. The van der Waals surface area contributed by atoms with E-state index < -0.39 is 0 Å². The van der Waals surface area contributed by atoms with Gasteiger partial charge in [-0.05, 0) is 36.2 Å². The van der Waals surface area contributed by atoms with Gasteiger partial charge in [0.2, 0.25) is 5.91 Å². The number of amides is 1. The number of benzene rings is 2. The average molecular weight is 397 g/mol. The van der Waals surface area contributed by atoms with Gasteiger partial charge in [0.25, 0.3) is 0 Å². The van der Waals surface area contributed by atoms with Crippen molar-refractivity contribution >= 4 is 28.4 Å². The number of piperazine rings is 1. The maximum absolute atomic E-state index is 12.6. The lowest BCUT2D eigenvalue weighted by atomic mass is 10.1. The van der Waals surface area contributed by atoms with Crippen molar-refractivity contribution in [3.8, 4) is 0 Å². The SMILES string of the molecule is Cc1ccccc1CN1CCN(C(=O)CCn2ncc3cc(Cl)ccc32)CC1. The number of hydrogen-bond acceptors (Lipinski definition) is 3. The van der Waals surface area contributed by atoms with Gasteiger partial charge in [-0.2, -0.15) is 5.10 Å². The average Bonchev–Trinajstić information content (AvgIpc) is 3.10. The maximum atomic E-state index is 12.6. The van der Waals surface area contributed by atoms with Crippen LogP contribution in [0, 0.1) is 6.92 Å². The molecular weight excluding hydrogens is 372 g/mol. The number of rotatable bonds is 5. The molecule has 6 heteroatoms. The lowest BCUT2D eigenvalue weighted by molar-refractivity contribution is -0.133. The molecule has 0 radical (unpaired) electrons. The fraction of sp³-hybridized carbons (Fsp3) is 0.364. The molecule has 1 saturated heterocycles. The van der Waals surface area contributed by atoms with Gasteiger partial charge in [0, 0.05) is 49.6 Å². The molecule has 5 nitrogen and oxygen atoms in total. The van der Waals surface area contributed by atoms with E-state index in [1.807, 2.05) is 27.8 Å². The molecule has 2 aromatic carbocycles. The van der Waals surface area contributed by atoms with Crippen LogP contribution in [0.3, 0.4) is 0 Å². The van der Waals surface area contributed by atoms with E-state index in [2.05, 4.69) is 41.2 Å². The number of carbonyl (C=O) groups excluding carboxylic acids is 1. The van der Waals surface area contributed by atoms with Gasteiger partial charge in [0.15, 0.2) is 0 Å². The second kappa shape index (κ2) is 8.33. The first-order chi connectivity index (χ1) is 13.6. The summed E-state index contributed by atoms with van der Waals surface area (Å²) in [5, 5.41) is 6.10. The summed E-state index contributed by atoms with van der Waals surface area (Å²) >= 11 is 6.03. The second-order valence-electron chi connectivity index (χ2n) is 7.40. The maximum Gasteiger partial charge on any atom is 0.224 e. The first-order valence-corrected chi connectivity index (χ1v) is 10.1. The van der Waals surface area contributed by atoms with Crippen LogP contribution in [-0.4, -0.2) is 51.7 Å². The van der Waals surface area contributed by atoms with Gasteiger partial charge in [-0.3, -0.25) is 14.4 Å². The Morgan fingerprint density at radius 2 is 1.89 bits per heavy atom. The number of halogens is 1. The molecule has 1 aliphatic rings. The molecule has 28 heavy (non-hydrogen) atoms. The third-order valence-corrected chi connectivity index (χ3v) is 5.76. The molecule has 0 N–H and O–H groups in total. The van der Waals surface area contributed by atoms with E-state index in [4.69, 9.17) is 11.6 Å². The molecule has 0 bridgehead atoms. The van der Waals surface area contributed by atoms with E-state index in [0.29, 0.717) is 18.0 Å². The smallest absolute Gasteiger partial charge is 0.224 e. The molecule has 1 aromatic heterocycles. The quantitative estimate of drug-likeness (QED) is 0.659. The molecule has 2 heterocycles. The summed E-state index contributed by atoms with van der Waals surface area (Å²) in [6.45, 7) is 7.12. The fourth-order valence-electron chi connectivity index (χ4n) is 3.78. The molecule has 0 aliphatic carbocycles. The van der Waals surface area contributed by atoms with Crippen LogP contribution < -0.4 is 0 Å². The van der Waals surface area contributed by atoms with Gasteiger partial charge in [-0.1, -0.05) is 35.9 Å². The summed E-state index contributed by atoms with van der Waals surface area (Å²) in [5.41, 5.74) is 3.71. The fourth-order valence-corrected chi connectivity index (χ4v) is 3.96. The minimum atomic E-state index is 0.202. The van der Waals surface area contributed by atoms with Gasteiger partial charge in [0.1, 0.15) is 0 Å². The van der Waals surface area contributed by atoms with Gasteiger partial charge >= 0.3 is 0 Å². The normalized spacial score (nSPS) is 15.3. The van der Waals surface area contributed by atoms with Crippen molar-refractivity contribution in [3.63, 3.8) is 0 Å². The molecule has 3 aromatic rings. The van der Waals surface area contributed by atoms with E-state index in [-0.39, 0.29) is 5.91 Å². The Morgan fingerprint density at radius 3 is 2.68 bits per heavy atom. The minimum Gasteiger partial charge on any atom is -0.340 e. The number of nitrogens with zero attached hydrogens (tertiary/aromatic N) is 4. The van der Waals surface area contributed by atoms with Crippen LogP contribution in [0.15, 0.2) is 48.7 Å². The lowest BCUT2D eigenvalue weighted by Crippen LogP contribution is -2.48. The molecule has 0 unspecified atom stereocenters. The number of aromatic nitrogens is 2. The van der Waals surface area contributed by atoms with Crippen LogP contribution >= 0.6 is 11.6 Å². The van der Waals surface area contributed by atoms with Crippen molar-refractivity contribution in [3.05, 3.63) is 64.8 Å². The predicted octanol–water partition coefficient (Wildman–Crippen LogP) is 3.73. The van der Waals surface area contributed by atoms with Gasteiger partial charge < -0.3 is 4.90 Å². The van der Waals surface area contributed by atoms with E-state index in [1.54, 1.807) is 6.20 Å². The monoisotopic (exact) mass is 396 g/mol. The van der Waals surface area contributed by atoms with Crippen LogP contribution in [-0.2, 0) is 17.9 Å². The van der Waals surface area contributed by atoms with Crippen molar-refractivity contribution in [2.75, 3.05) is 26.2 Å². The standard InChI is InChI=1S/C22H25ClN4O/c1-17-4-2-3-5-18(17)16-25-10-12-26(13-11-25)22(28)8-9-27-21-7-6-20(23)14-19(21)15-24-27/h2-7,14-15H,8-13,16H2,1H3. The van der Waals surface area contributed by atoms with Gasteiger partial charge in [0.05, 0.1) is 18.3 Å². The van der Waals surface area contributed by atoms with Crippen LogP contribution in [0.5, 0.6) is 0 Å². The number of fused-ring (bicyclic) bond motifs is 1. The Morgan fingerprint density at radius 1 is 1.11 bits per heavy atom. The highest BCUT2D eigenvalue weighted by molar-refractivity contribution is 6.31. The van der Waals surface area contributed by atoms with Crippen LogP contribution in [0.4, 0.5) is 0 Å². The Balaban J connectivity index is 1.28. The molecule has 1 amide bonds. The molecule has 0 saturated carbocycles. The van der Waals surface area contributed by atoms with Crippen molar-refractivity contribution in [2.24, 2.45) is 0 Å². The summed E-state index contributed by atoms with van der Waals surface area (Å²) in [6.07, 6.45) is 2.27. The largest absolute Gasteiger partial charge is 0.340 e. The van der Waals surface area contributed by atoms with Crippen molar-refractivity contribution in [1.82, 2.24) is 19.6 Å². The third kappa shape index (κ3) is 4.21. The van der Waals surface area contributed by atoms with Crippen LogP contribution in [0.25, 0.3) is 10.9 Å². The first-order valence-electron chi connectivity index (χ1n) is 9.76. The lowest BCUT2D eigenvalue weighted by Gasteiger charge is -2.35. The third-order valence-electron chi connectivity index (χ3n) is 5.52. The predicted molar refractivity (Wildman–Crippen MR) is 112 cm³/mol. The van der Waals surface area contributed by atoms with Crippen molar-refractivity contribution in [2.45, 2.75) is 26.4 Å². The van der Waals surface area contributed by atoms with Gasteiger partial charge in [-0.15, -0.1) is 0 Å². The number of hydrogen-bond donors (Lipinski definition) is 0. The topological polar surface area (TPSA) is 41.4 Å². The zero-order chi connectivity index (χ0) is 19.5. The zero-order valence-electron chi connectivity index (χ0n) is 16.1. The molecule has 0 atom stereocenters. The van der Waals surface area contributed by atoms with E-state index >= 15 is 0 Å². The molecule has 1 aliphatic heterocycles. The van der Waals surface area contributed by atoms with Crippen LogP contribution in [0.2, 0.25) is 5.02 Å². The van der Waals surface area contributed by atoms with E-state index in [0.717, 1.165) is 43.6 Å². The first kappa shape index (κ1) is 19.0. The van der Waals surface area contributed by atoms with Crippen LogP contribution in [0.1, 0.15) is 17.5 Å². The van der Waals surface area contributed by atoms with E-state index in [1.165, 1.54) is 11.1 Å². The number of aryl methyl sites for hydroxylation is 2. The molecule has 0 spiro atoms. The van der Waals surface area contributed by atoms with Crippen molar-refractivity contribution < 1.29 is 4.79 Å². The van der Waals surface area contributed by atoms with E-state index in [9.17, 15) is 4.79 Å².